The minimum absolute atomic E-state index is 0.0235. The molecule has 0 aliphatic heterocycles. The van der Waals surface area contributed by atoms with Gasteiger partial charge in [-0.05, 0) is 50.6 Å². The molecule has 2 aromatic rings. The first-order valence-electron chi connectivity index (χ1n) is 8.45. The monoisotopic (exact) mass is 345 g/mol. The van der Waals surface area contributed by atoms with E-state index in [1.54, 1.807) is 13.4 Å². The lowest BCUT2D eigenvalue weighted by atomic mass is 10.1. The predicted molar refractivity (Wildman–Crippen MR) is 98.6 cm³/mol. The third kappa shape index (κ3) is 5.92. The van der Waals surface area contributed by atoms with Crippen LogP contribution in [0.15, 0.2) is 47.1 Å². The van der Waals surface area contributed by atoms with Crippen LogP contribution in [0.25, 0.3) is 0 Å². The summed E-state index contributed by atoms with van der Waals surface area (Å²) in [5, 5.41) is 9.12. The molecule has 0 aliphatic carbocycles. The second-order valence-electron chi connectivity index (χ2n) is 6.29. The summed E-state index contributed by atoms with van der Waals surface area (Å²) < 4.78 is 10.8. The Kier molecular flexibility index (Phi) is 7.03. The topological polar surface area (TPSA) is 75.5 Å². The molecular formula is C19H27N3O3. The molecule has 1 aromatic heterocycles. The first kappa shape index (κ1) is 19.0. The van der Waals surface area contributed by atoms with E-state index in [1.165, 1.54) is 0 Å². The van der Waals surface area contributed by atoms with Crippen LogP contribution >= 0.6 is 0 Å². The normalized spacial score (nSPS) is 13.5. The molecule has 0 spiro atoms. The lowest BCUT2D eigenvalue weighted by molar-refractivity contribution is 0.152. The second kappa shape index (κ2) is 9.25. The first-order chi connectivity index (χ1) is 12.0. The van der Waals surface area contributed by atoms with Crippen molar-refractivity contribution in [2.45, 2.75) is 38.9 Å². The Morgan fingerprint density at radius 1 is 1.16 bits per heavy atom. The number of hydrogen-bond acceptors (Lipinski definition) is 4. The zero-order valence-electron chi connectivity index (χ0n) is 15.2. The van der Waals surface area contributed by atoms with Gasteiger partial charge in [-0.1, -0.05) is 12.1 Å². The van der Waals surface area contributed by atoms with Crippen molar-refractivity contribution < 1.29 is 13.9 Å². The van der Waals surface area contributed by atoms with Crippen LogP contribution in [0.2, 0.25) is 0 Å². The number of hydrogen-bond donors (Lipinski definition) is 3. The van der Waals surface area contributed by atoms with Gasteiger partial charge in [-0.25, -0.2) is 4.79 Å². The number of nitrogens with one attached hydrogen (secondary N) is 3. The van der Waals surface area contributed by atoms with Crippen LogP contribution in [0.3, 0.4) is 0 Å². The van der Waals surface area contributed by atoms with Crippen LogP contribution in [0, 0.1) is 0 Å². The van der Waals surface area contributed by atoms with Crippen molar-refractivity contribution in [3.8, 4) is 0 Å². The molecule has 6 nitrogen and oxygen atoms in total. The van der Waals surface area contributed by atoms with Crippen molar-refractivity contribution in [2.24, 2.45) is 0 Å². The fourth-order valence-electron chi connectivity index (χ4n) is 2.55. The van der Waals surface area contributed by atoms with Gasteiger partial charge in [0.25, 0.3) is 0 Å². The van der Waals surface area contributed by atoms with Gasteiger partial charge < -0.3 is 19.8 Å². The number of ether oxygens (including phenoxy) is 1. The molecule has 3 N–H and O–H groups in total. The van der Waals surface area contributed by atoms with Crippen LogP contribution in [0.5, 0.6) is 0 Å². The maximum Gasteiger partial charge on any atom is 0.319 e. The summed E-state index contributed by atoms with van der Waals surface area (Å²) in [5.74, 6) is 0.845. The van der Waals surface area contributed by atoms with E-state index in [1.807, 2.05) is 50.2 Å². The zero-order valence-corrected chi connectivity index (χ0v) is 15.2. The van der Waals surface area contributed by atoms with Gasteiger partial charge in [-0.2, -0.15) is 0 Å². The van der Waals surface area contributed by atoms with E-state index in [2.05, 4.69) is 22.9 Å². The molecule has 2 rings (SSSR count). The molecule has 1 heterocycles. The van der Waals surface area contributed by atoms with Gasteiger partial charge in [-0.15, -0.1) is 0 Å². The number of benzene rings is 1. The van der Waals surface area contributed by atoms with Crippen LogP contribution < -0.4 is 16.0 Å². The largest absolute Gasteiger partial charge is 0.468 e. The summed E-state index contributed by atoms with van der Waals surface area (Å²) in [5.41, 5.74) is 1.87. The average Bonchev–Trinajstić information content (AvgIpc) is 3.08. The highest BCUT2D eigenvalue weighted by atomic mass is 16.5. The highest BCUT2D eigenvalue weighted by Gasteiger charge is 2.17. The maximum absolute atomic E-state index is 11.7. The van der Waals surface area contributed by atoms with Crippen molar-refractivity contribution in [1.82, 2.24) is 10.6 Å². The van der Waals surface area contributed by atoms with E-state index >= 15 is 0 Å². The predicted octanol–water partition coefficient (Wildman–Crippen LogP) is 3.85. The summed E-state index contributed by atoms with van der Waals surface area (Å²) in [6, 6.07) is 11.6. The number of amides is 2. The molecule has 0 fully saturated rings. The van der Waals surface area contributed by atoms with E-state index in [0.29, 0.717) is 6.61 Å². The number of urea groups is 1. The summed E-state index contributed by atoms with van der Waals surface area (Å²) in [6.07, 6.45) is 1.66. The molecule has 1 aromatic carbocycles. The van der Waals surface area contributed by atoms with E-state index in [0.717, 1.165) is 17.0 Å². The Bertz CT molecular complexity index is 638. The second-order valence-corrected chi connectivity index (χ2v) is 6.29. The SMILES string of the molecule is COCC(NC(C)c1ccc(NC(=O)NC(C)C)cc1)c1ccco1. The van der Waals surface area contributed by atoms with Gasteiger partial charge in [-0.3, -0.25) is 5.32 Å². The van der Waals surface area contributed by atoms with Crippen molar-refractivity contribution in [2.75, 3.05) is 19.0 Å². The van der Waals surface area contributed by atoms with Gasteiger partial charge in [0.1, 0.15) is 5.76 Å². The lowest BCUT2D eigenvalue weighted by Gasteiger charge is -2.22. The minimum Gasteiger partial charge on any atom is -0.468 e. The summed E-state index contributed by atoms with van der Waals surface area (Å²) in [6.45, 7) is 6.45. The minimum atomic E-state index is -0.202. The van der Waals surface area contributed by atoms with Crippen LogP contribution in [0.4, 0.5) is 10.5 Å². The Morgan fingerprint density at radius 3 is 2.44 bits per heavy atom. The molecule has 0 bridgehead atoms. The van der Waals surface area contributed by atoms with Crippen molar-refractivity contribution in [3.05, 3.63) is 54.0 Å². The van der Waals surface area contributed by atoms with Gasteiger partial charge >= 0.3 is 6.03 Å². The molecule has 0 aliphatic rings. The van der Waals surface area contributed by atoms with Gasteiger partial charge in [0.2, 0.25) is 0 Å². The summed E-state index contributed by atoms with van der Waals surface area (Å²) >= 11 is 0. The average molecular weight is 345 g/mol. The highest BCUT2D eigenvalue weighted by Crippen LogP contribution is 2.21. The van der Waals surface area contributed by atoms with Crippen LogP contribution in [-0.2, 0) is 4.74 Å². The van der Waals surface area contributed by atoms with Crippen molar-refractivity contribution in [3.63, 3.8) is 0 Å². The summed E-state index contributed by atoms with van der Waals surface area (Å²) in [4.78, 5) is 11.7. The molecule has 25 heavy (non-hydrogen) atoms. The van der Waals surface area contributed by atoms with Crippen LogP contribution in [-0.4, -0.2) is 25.8 Å². The Balaban J connectivity index is 1.97. The number of furan rings is 1. The molecule has 0 radical (unpaired) electrons. The van der Waals surface area contributed by atoms with Crippen LogP contribution in [0.1, 0.15) is 44.2 Å². The number of methoxy groups -OCH3 is 1. The zero-order chi connectivity index (χ0) is 18.2. The lowest BCUT2D eigenvalue weighted by Crippen LogP contribution is -2.34. The number of carbonyl (C=O) groups is 1. The van der Waals surface area contributed by atoms with Gasteiger partial charge in [0, 0.05) is 24.9 Å². The number of anilines is 1. The molecule has 136 valence electrons. The molecule has 2 amide bonds. The first-order valence-corrected chi connectivity index (χ1v) is 8.45. The van der Waals surface area contributed by atoms with Crippen molar-refractivity contribution >= 4 is 11.7 Å². The standard InChI is InChI=1S/C19H27N3O3/c1-13(2)20-19(23)22-16-9-7-15(8-10-16)14(3)21-17(12-24-4)18-6-5-11-25-18/h5-11,13-14,17,21H,12H2,1-4H3,(H2,20,22,23). The third-order valence-electron chi connectivity index (χ3n) is 3.76. The molecule has 0 saturated carbocycles. The van der Waals surface area contributed by atoms with Gasteiger partial charge in [0.05, 0.1) is 18.9 Å². The quantitative estimate of drug-likeness (QED) is 0.679. The number of carbonyl (C=O) groups excluding carboxylic acids is 1. The Hall–Kier alpha value is -2.31. The molecule has 2 unspecified atom stereocenters. The van der Waals surface area contributed by atoms with Gasteiger partial charge in [0.15, 0.2) is 0 Å². The highest BCUT2D eigenvalue weighted by molar-refractivity contribution is 5.89. The fraction of sp³-hybridized carbons (Fsp3) is 0.421. The molecule has 6 heteroatoms. The van der Waals surface area contributed by atoms with E-state index in [9.17, 15) is 4.79 Å². The van der Waals surface area contributed by atoms with E-state index in [-0.39, 0.29) is 24.2 Å². The van der Waals surface area contributed by atoms with Crippen molar-refractivity contribution in [1.29, 1.82) is 0 Å². The van der Waals surface area contributed by atoms with E-state index < -0.39 is 0 Å². The maximum atomic E-state index is 11.7. The number of rotatable bonds is 8. The summed E-state index contributed by atoms with van der Waals surface area (Å²) in [7, 11) is 1.67. The Morgan fingerprint density at radius 2 is 1.88 bits per heavy atom. The molecule has 2 atom stereocenters. The molecule has 0 saturated heterocycles. The third-order valence-corrected chi connectivity index (χ3v) is 3.76. The smallest absolute Gasteiger partial charge is 0.319 e. The Labute approximate surface area is 148 Å². The van der Waals surface area contributed by atoms with E-state index in [4.69, 9.17) is 9.15 Å². The fourth-order valence-corrected chi connectivity index (χ4v) is 2.55. The molecular weight excluding hydrogens is 318 g/mol.